The minimum atomic E-state index is -1.18. The van der Waals surface area contributed by atoms with Crippen molar-refractivity contribution in [3.8, 4) is 0 Å². The van der Waals surface area contributed by atoms with Crippen LogP contribution in [0.4, 0.5) is 0 Å². The lowest BCUT2D eigenvalue weighted by atomic mass is 9.33. The maximum atomic E-state index is 13.1. The van der Waals surface area contributed by atoms with Crippen LogP contribution in [-0.2, 0) is 9.53 Å². The third kappa shape index (κ3) is 3.92. The number of ether oxygens (including phenoxy) is 1. The average molecular weight is 573 g/mol. The standard InChI is InChI=1S/C35H56O6/c1-10-20(2)29(40)41-28-27(39)30(3,4)17-22-21-11-12-24-32(7)15-14-25(37)31(5,6)23(32)13-16-33(24,8)34(21,9)18-26(38)35(22,28)19-36/h10-11,22-28,36-39H,12-19H2,1-9H3/b20-10+/t22-,23+,24-,25-,26-,27-,28+,32-,33-,34-,35+/m1/s1. The van der Waals surface area contributed by atoms with Crippen LogP contribution in [0.3, 0.4) is 0 Å². The Kier molecular flexibility index (Phi) is 7.34. The van der Waals surface area contributed by atoms with Crippen LogP contribution in [-0.4, -0.2) is 57.4 Å². The van der Waals surface area contributed by atoms with Crippen LogP contribution in [0.2, 0.25) is 0 Å². The van der Waals surface area contributed by atoms with Gasteiger partial charge in [-0.2, -0.15) is 0 Å². The van der Waals surface area contributed by atoms with Gasteiger partial charge in [-0.15, -0.1) is 0 Å². The molecule has 0 unspecified atom stereocenters. The van der Waals surface area contributed by atoms with Gasteiger partial charge in [-0.25, -0.2) is 4.79 Å². The first kappa shape index (κ1) is 31.2. The molecule has 6 heteroatoms. The monoisotopic (exact) mass is 572 g/mol. The highest BCUT2D eigenvalue weighted by Gasteiger charge is 2.72. The molecule has 232 valence electrons. The molecule has 0 heterocycles. The predicted molar refractivity (Wildman–Crippen MR) is 160 cm³/mol. The summed E-state index contributed by atoms with van der Waals surface area (Å²) >= 11 is 0. The molecular formula is C35H56O6. The maximum absolute atomic E-state index is 13.1. The zero-order valence-corrected chi connectivity index (χ0v) is 27.0. The van der Waals surface area contributed by atoms with Gasteiger partial charge in [0.2, 0.25) is 0 Å². The summed E-state index contributed by atoms with van der Waals surface area (Å²) in [4.78, 5) is 13.1. The zero-order valence-electron chi connectivity index (χ0n) is 27.0. The molecule has 4 saturated carbocycles. The quantitative estimate of drug-likeness (QED) is 0.200. The smallest absolute Gasteiger partial charge is 0.333 e. The van der Waals surface area contributed by atoms with Crippen LogP contribution in [0.5, 0.6) is 0 Å². The van der Waals surface area contributed by atoms with Crippen LogP contribution < -0.4 is 0 Å². The van der Waals surface area contributed by atoms with Crippen molar-refractivity contribution in [1.82, 2.24) is 0 Å². The Hall–Kier alpha value is -1.21. The highest BCUT2D eigenvalue weighted by molar-refractivity contribution is 5.87. The number of allylic oxidation sites excluding steroid dienone is 3. The molecule has 0 bridgehead atoms. The molecule has 0 amide bonds. The van der Waals surface area contributed by atoms with E-state index in [9.17, 15) is 25.2 Å². The lowest BCUT2D eigenvalue weighted by molar-refractivity contribution is -0.262. The van der Waals surface area contributed by atoms with Gasteiger partial charge < -0.3 is 25.2 Å². The molecule has 5 rings (SSSR count). The van der Waals surface area contributed by atoms with E-state index in [2.05, 4.69) is 40.7 Å². The van der Waals surface area contributed by atoms with Crippen molar-refractivity contribution in [2.24, 2.45) is 50.2 Å². The van der Waals surface area contributed by atoms with Gasteiger partial charge in [-0.05, 0) is 104 Å². The van der Waals surface area contributed by atoms with E-state index in [1.54, 1.807) is 19.9 Å². The van der Waals surface area contributed by atoms with Gasteiger partial charge in [0.1, 0.15) is 6.10 Å². The largest absolute Gasteiger partial charge is 0.455 e. The number of esters is 1. The minimum Gasteiger partial charge on any atom is -0.455 e. The molecule has 4 fully saturated rings. The second kappa shape index (κ2) is 9.64. The number of hydrogen-bond donors (Lipinski definition) is 4. The number of aliphatic hydroxyl groups excluding tert-OH is 4. The molecule has 11 atom stereocenters. The van der Waals surface area contributed by atoms with Crippen LogP contribution in [0, 0.1) is 50.2 Å². The average Bonchev–Trinajstić information content (AvgIpc) is 2.89. The van der Waals surface area contributed by atoms with E-state index in [0.717, 1.165) is 32.1 Å². The molecule has 0 aromatic carbocycles. The van der Waals surface area contributed by atoms with Crippen molar-refractivity contribution < 1.29 is 30.0 Å². The van der Waals surface area contributed by atoms with Gasteiger partial charge in [0.25, 0.3) is 0 Å². The first-order valence-electron chi connectivity index (χ1n) is 16.1. The molecule has 0 aromatic heterocycles. The lowest BCUT2D eigenvalue weighted by Gasteiger charge is -2.72. The minimum absolute atomic E-state index is 0.0722. The maximum Gasteiger partial charge on any atom is 0.333 e. The number of carbonyl (C=O) groups is 1. The Balaban J connectivity index is 1.63. The molecule has 0 aliphatic heterocycles. The van der Waals surface area contributed by atoms with Gasteiger partial charge in [-0.3, -0.25) is 0 Å². The van der Waals surface area contributed by atoms with Crippen LogP contribution in [0.15, 0.2) is 23.3 Å². The van der Waals surface area contributed by atoms with Crippen molar-refractivity contribution in [3.63, 3.8) is 0 Å². The molecular weight excluding hydrogens is 516 g/mol. The third-order valence-corrected chi connectivity index (χ3v) is 14.4. The summed E-state index contributed by atoms with van der Waals surface area (Å²) in [7, 11) is 0. The molecule has 0 spiro atoms. The fraction of sp³-hybridized carbons (Fsp3) is 0.857. The van der Waals surface area contributed by atoms with E-state index in [0.29, 0.717) is 30.3 Å². The first-order chi connectivity index (χ1) is 18.9. The number of hydrogen-bond acceptors (Lipinski definition) is 6. The molecule has 0 radical (unpaired) electrons. The summed E-state index contributed by atoms with van der Waals surface area (Å²) in [5.41, 5.74) is -0.470. The number of rotatable bonds is 3. The molecule has 41 heavy (non-hydrogen) atoms. The SMILES string of the molecule is C/C=C(\C)C(=O)O[C@H]1[C@@H](O)C(C)(C)C[C@@H]2C3=CC[C@@H]4[C@]5(C)CC[C@@H](O)C(C)(C)[C@@H]5CC[C@@]4(C)[C@]3(C)C[C@@H](O)[C@]21CO. The Morgan fingerprint density at radius 2 is 1.63 bits per heavy atom. The topological polar surface area (TPSA) is 107 Å². The summed E-state index contributed by atoms with van der Waals surface area (Å²) in [6.07, 6.45) is 6.74. The Bertz CT molecular complexity index is 1140. The Morgan fingerprint density at radius 3 is 2.24 bits per heavy atom. The normalized spacial score (nSPS) is 50.4. The fourth-order valence-electron chi connectivity index (χ4n) is 11.4. The van der Waals surface area contributed by atoms with Gasteiger partial charge in [-0.1, -0.05) is 66.2 Å². The van der Waals surface area contributed by atoms with E-state index in [4.69, 9.17) is 4.74 Å². The van der Waals surface area contributed by atoms with Crippen molar-refractivity contribution in [2.45, 2.75) is 132 Å². The van der Waals surface area contributed by atoms with E-state index < -0.39 is 35.1 Å². The summed E-state index contributed by atoms with van der Waals surface area (Å²) in [6, 6.07) is 0. The molecule has 4 N–H and O–H groups in total. The molecule has 5 aliphatic rings. The van der Waals surface area contributed by atoms with Crippen LogP contribution in [0.1, 0.15) is 107 Å². The van der Waals surface area contributed by atoms with Gasteiger partial charge in [0.05, 0.1) is 30.3 Å². The number of fused-ring (bicyclic) bond motifs is 7. The first-order valence-corrected chi connectivity index (χ1v) is 16.1. The highest BCUT2D eigenvalue weighted by atomic mass is 16.6. The number of carbonyl (C=O) groups excluding carboxylic acids is 1. The second-order valence-corrected chi connectivity index (χ2v) is 16.6. The number of aliphatic hydroxyl groups is 4. The van der Waals surface area contributed by atoms with Gasteiger partial charge in [0.15, 0.2) is 0 Å². The molecule has 0 aromatic rings. The van der Waals surface area contributed by atoms with Gasteiger partial charge >= 0.3 is 5.97 Å². The summed E-state index contributed by atoms with van der Waals surface area (Å²) in [5.74, 6) is 0.106. The molecule has 6 nitrogen and oxygen atoms in total. The lowest BCUT2D eigenvalue weighted by Crippen LogP contribution is -2.72. The Morgan fingerprint density at radius 1 is 0.976 bits per heavy atom. The second-order valence-electron chi connectivity index (χ2n) is 16.6. The van der Waals surface area contributed by atoms with Crippen molar-refractivity contribution in [1.29, 1.82) is 0 Å². The molecule has 5 aliphatic carbocycles. The van der Waals surface area contributed by atoms with Crippen LogP contribution >= 0.6 is 0 Å². The van der Waals surface area contributed by atoms with E-state index in [1.807, 2.05) is 13.8 Å². The molecule has 0 saturated heterocycles. The van der Waals surface area contributed by atoms with Gasteiger partial charge in [0, 0.05) is 5.57 Å². The third-order valence-electron chi connectivity index (χ3n) is 14.4. The summed E-state index contributed by atoms with van der Waals surface area (Å²) in [6.45, 7) is 18.9. The van der Waals surface area contributed by atoms with E-state index in [1.165, 1.54) is 5.57 Å². The summed E-state index contributed by atoms with van der Waals surface area (Å²) in [5, 5.41) is 46.0. The van der Waals surface area contributed by atoms with Crippen molar-refractivity contribution in [2.75, 3.05) is 6.61 Å². The summed E-state index contributed by atoms with van der Waals surface area (Å²) < 4.78 is 6.06. The van der Waals surface area contributed by atoms with Crippen molar-refractivity contribution >= 4 is 5.97 Å². The predicted octanol–water partition coefficient (Wildman–Crippen LogP) is 5.57. The zero-order chi connectivity index (χ0) is 30.6. The van der Waals surface area contributed by atoms with Crippen LogP contribution in [0.25, 0.3) is 0 Å². The highest BCUT2D eigenvalue weighted by Crippen LogP contribution is 2.75. The van der Waals surface area contributed by atoms with E-state index in [-0.39, 0.29) is 40.3 Å². The Labute approximate surface area is 247 Å². The van der Waals surface area contributed by atoms with Crippen molar-refractivity contribution in [3.05, 3.63) is 23.3 Å². The fourth-order valence-corrected chi connectivity index (χ4v) is 11.4. The van der Waals surface area contributed by atoms with E-state index >= 15 is 0 Å².